The van der Waals surface area contributed by atoms with Crippen molar-refractivity contribution >= 4 is 13.7 Å². The van der Waals surface area contributed by atoms with E-state index < -0.39 is 20.0 Å². The van der Waals surface area contributed by atoms with Crippen LogP contribution in [0.1, 0.15) is 296 Å². The molecule has 8 nitrogen and oxygen atoms in total. The van der Waals surface area contributed by atoms with E-state index in [-0.39, 0.29) is 25.7 Å². The van der Waals surface area contributed by atoms with Crippen LogP contribution in [0.2, 0.25) is 0 Å². The summed E-state index contributed by atoms with van der Waals surface area (Å²) in [5.74, 6) is -0.188. The molecule has 9 heteroatoms. The number of hydrogen-bond donors (Lipinski definition) is 4. The molecule has 0 aliphatic heterocycles. The van der Waals surface area contributed by atoms with E-state index in [0.717, 1.165) is 38.5 Å². The van der Waals surface area contributed by atoms with Gasteiger partial charge in [0.15, 0.2) is 0 Å². The number of allylic oxidation sites excluding steroid dienone is 1. The quantitative estimate of drug-likeness (QED) is 0.0271. The van der Waals surface area contributed by atoms with Crippen molar-refractivity contribution < 1.29 is 28.4 Å². The first-order valence-electron chi connectivity index (χ1n) is 27.8. The first-order chi connectivity index (χ1) is 30.9. The summed E-state index contributed by atoms with van der Waals surface area (Å²) >= 11 is 0. The fourth-order valence-electron chi connectivity index (χ4n) is 8.67. The molecule has 0 aliphatic rings. The van der Waals surface area contributed by atoms with Crippen molar-refractivity contribution in [3.05, 3.63) is 12.2 Å². The number of amides is 1. The third-order valence-electron chi connectivity index (χ3n) is 12.9. The minimum atomic E-state index is -4.34. The molecule has 0 spiro atoms. The lowest BCUT2D eigenvalue weighted by Gasteiger charge is -2.23. The monoisotopic (exact) mass is 913 g/mol. The Labute approximate surface area is 392 Å². The summed E-state index contributed by atoms with van der Waals surface area (Å²) in [7, 11) is -4.34. The Balaban J connectivity index is 3.80. The standard InChI is InChI=1S/C54H109N2O6P/c1-3-5-7-9-11-13-15-17-18-19-20-21-22-23-24-25-26-27-28-29-30-31-32-33-34-35-36-38-40-42-44-46-48-54(58)56-52(51-62-63(59,60)61-50-49-55)53(57)47-45-43-41-39-37-16-14-12-10-8-6-4-2/h45,47,52-53,57H,3-44,46,48-51,55H2,1-2H3,(H,56,58)(H,59,60)/b47-45+/t52-,53+/m0/s1. The highest BCUT2D eigenvalue weighted by atomic mass is 31.2. The molecule has 63 heavy (non-hydrogen) atoms. The Morgan fingerprint density at radius 1 is 0.508 bits per heavy atom. The number of hydrogen-bond acceptors (Lipinski definition) is 6. The number of unbranched alkanes of at least 4 members (excludes halogenated alkanes) is 41. The average Bonchev–Trinajstić information content (AvgIpc) is 3.27. The number of phosphoric ester groups is 1. The van der Waals surface area contributed by atoms with Crippen LogP contribution < -0.4 is 11.1 Å². The van der Waals surface area contributed by atoms with Gasteiger partial charge in [0.1, 0.15) is 0 Å². The molecule has 5 N–H and O–H groups in total. The van der Waals surface area contributed by atoms with Gasteiger partial charge < -0.3 is 21.1 Å². The predicted molar refractivity (Wildman–Crippen MR) is 272 cm³/mol. The van der Waals surface area contributed by atoms with E-state index in [4.69, 9.17) is 14.8 Å². The molecule has 0 aliphatic carbocycles. The van der Waals surface area contributed by atoms with Gasteiger partial charge in [-0.15, -0.1) is 0 Å². The number of phosphoric acid groups is 1. The molecule has 0 radical (unpaired) electrons. The van der Waals surface area contributed by atoms with E-state index in [0.29, 0.717) is 6.42 Å². The molecule has 1 unspecified atom stereocenters. The van der Waals surface area contributed by atoms with Gasteiger partial charge in [-0.3, -0.25) is 13.8 Å². The smallest absolute Gasteiger partial charge is 0.387 e. The molecule has 0 saturated heterocycles. The maximum atomic E-state index is 12.8. The second kappa shape index (κ2) is 50.6. The Bertz CT molecular complexity index is 999. The fraction of sp³-hybridized carbons (Fsp3) is 0.944. The number of carbonyl (C=O) groups excluding carboxylic acids is 1. The second-order valence-corrected chi connectivity index (χ2v) is 20.6. The van der Waals surface area contributed by atoms with Crippen LogP contribution in [0, 0.1) is 0 Å². The molecule has 0 aromatic heterocycles. The highest BCUT2D eigenvalue weighted by Gasteiger charge is 2.27. The van der Waals surface area contributed by atoms with Gasteiger partial charge in [-0.25, -0.2) is 4.57 Å². The summed E-state index contributed by atoms with van der Waals surface area (Å²) in [5.41, 5.74) is 5.39. The number of aliphatic hydroxyl groups excluding tert-OH is 1. The number of nitrogens with one attached hydrogen (secondary N) is 1. The van der Waals surface area contributed by atoms with Gasteiger partial charge in [-0.2, -0.15) is 0 Å². The number of carbonyl (C=O) groups is 1. The third-order valence-corrected chi connectivity index (χ3v) is 13.8. The van der Waals surface area contributed by atoms with E-state index in [1.165, 1.54) is 238 Å². The molecule has 0 fully saturated rings. The average molecular weight is 913 g/mol. The highest BCUT2D eigenvalue weighted by Crippen LogP contribution is 2.43. The first kappa shape index (κ1) is 62.2. The zero-order chi connectivity index (χ0) is 46.0. The van der Waals surface area contributed by atoms with E-state index in [1.807, 2.05) is 6.08 Å². The molecular weight excluding hydrogens is 804 g/mol. The van der Waals surface area contributed by atoms with E-state index in [1.54, 1.807) is 6.08 Å². The lowest BCUT2D eigenvalue weighted by atomic mass is 10.0. The van der Waals surface area contributed by atoms with Crippen LogP contribution in [0.5, 0.6) is 0 Å². The van der Waals surface area contributed by atoms with Crippen molar-refractivity contribution in [1.82, 2.24) is 5.32 Å². The Morgan fingerprint density at radius 2 is 0.810 bits per heavy atom. The fourth-order valence-corrected chi connectivity index (χ4v) is 9.43. The van der Waals surface area contributed by atoms with Gasteiger partial charge in [-0.05, 0) is 19.3 Å². The van der Waals surface area contributed by atoms with Crippen molar-refractivity contribution in [1.29, 1.82) is 0 Å². The lowest BCUT2D eigenvalue weighted by molar-refractivity contribution is -0.123. The SMILES string of the molecule is CCCCCCCCCCCC/C=C/[C@@H](O)[C@H](COP(=O)(O)OCCN)NC(=O)CCCCCCCCCCCCCCCCCCCCCCCCCCCCCCCCCC. The molecular formula is C54H109N2O6P. The van der Waals surface area contributed by atoms with Crippen LogP contribution in [0.15, 0.2) is 12.2 Å². The number of aliphatic hydroxyl groups is 1. The molecule has 0 rings (SSSR count). The van der Waals surface area contributed by atoms with Gasteiger partial charge >= 0.3 is 7.82 Å². The zero-order valence-electron chi connectivity index (χ0n) is 42.1. The zero-order valence-corrected chi connectivity index (χ0v) is 43.0. The molecule has 0 heterocycles. The van der Waals surface area contributed by atoms with Crippen LogP contribution in [0.25, 0.3) is 0 Å². The Morgan fingerprint density at radius 3 is 1.13 bits per heavy atom. The van der Waals surface area contributed by atoms with Crippen LogP contribution in [-0.2, 0) is 18.4 Å². The second-order valence-electron chi connectivity index (χ2n) is 19.2. The molecule has 0 aromatic carbocycles. The number of rotatable bonds is 53. The minimum absolute atomic E-state index is 0.0815. The lowest BCUT2D eigenvalue weighted by Crippen LogP contribution is -2.45. The maximum Gasteiger partial charge on any atom is 0.472 e. The van der Waals surface area contributed by atoms with Gasteiger partial charge in [0.25, 0.3) is 0 Å². The normalized spacial score (nSPS) is 13.8. The van der Waals surface area contributed by atoms with E-state index in [9.17, 15) is 19.4 Å². The molecule has 1 amide bonds. The third kappa shape index (κ3) is 49.0. The molecule has 0 aromatic rings. The predicted octanol–water partition coefficient (Wildman–Crippen LogP) is 16.7. The van der Waals surface area contributed by atoms with Gasteiger partial charge in [0, 0.05) is 13.0 Å². The largest absolute Gasteiger partial charge is 0.472 e. The molecule has 0 saturated carbocycles. The summed E-state index contributed by atoms with van der Waals surface area (Å²) in [6.45, 7) is 4.17. The Kier molecular flexibility index (Phi) is 50.0. The topological polar surface area (TPSA) is 131 Å². The van der Waals surface area contributed by atoms with Crippen LogP contribution in [0.3, 0.4) is 0 Å². The van der Waals surface area contributed by atoms with Crippen molar-refractivity contribution in [3.63, 3.8) is 0 Å². The van der Waals surface area contributed by atoms with E-state index >= 15 is 0 Å². The summed E-state index contributed by atoms with van der Waals surface area (Å²) in [5, 5.41) is 13.7. The number of nitrogens with two attached hydrogens (primary N) is 1. The highest BCUT2D eigenvalue weighted by molar-refractivity contribution is 7.47. The van der Waals surface area contributed by atoms with Crippen molar-refractivity contribution in [3.8, 4) is 0 Å². The maximum absolute atomic E-state index is 12.8. The van der Waals surface area contributed by atoms with Crippen LogP contribution >= 0.6 is 7.82 Å². The first-order valence-corrected chi connectivity index (χ1v) is 29.3. The van der Waals surface area contributed by atoms with Gasteiger partial charge in [-0.1, -0.05) is 283 Å². The molecule has 0 bridgehead atoms. The van der Waals surface area contributed by atoms with Crippen molar-refractivity contribution in [2.75, 3.05) is 19.8 Å². The summed E-state index contributed by atoms with van der Waals surface area (Å²) in [4.78, 5) is 22.8. The molecule has 376 valence electrons. The van der Waals surface area contributed by atoms with Crippen molar-refractivity contribution in [2.45, 2.75) is 309 Å². The van der Waals surface area contributed by atoms with Crippen LogP contribution in [0.4, 0.5) is 0 Å². The summed E-state index contributed by atoms with van der Waals surface area (Å²) < 4.78 is 22.2. The van der Waals surface area contributed by atoms with Crippen LogP contribution in [-0.4, -0.2) is 47.8 Å². The minimum Gasteiger partial charge on any atom is -0.387 e. The molecule has 3 atom stereocenters. The van der Waals surface area contributed by atoms with E-state index in [2.05, 4.69) is 19.2 Å². The van der Waals surface area contributed by atoms with Gasteiger partial charge in [0.05, 0.1) is 25.4 Å². The van der Waals surface area contributed by atoms with Crippen molar-refractivity contribution in [2.24, 2.45) is 5.73 Å². The van der Waals surface area contributed by atoms with Gasteiger partial charge in [0.2, 0.25) is 5.91 Å². The summed E-state index contributed by atoms with van der Waals surface area (Å²) in [6, 6.07) is -0.855. The summed E-state index contributed by atoms with van der Waals surface area (Å²) in [6.07, 6.45) is 60.3. The Hall–Kier alpha value is -0.760.